The number of aryl methyl sites for hydroxylation is 1. The molecule has 2 aromatic heterocycles. The maximum atomic E-state index is 10.9. The third-order valence-corrected chi connectivity index (χ3v) is 2.60. The third-order valence-electron chi connectivity index (χ3n) is 2.26. The molecule has 88 valence electrons. The van der Waals surface area contributed by atoms with Gasteiger partial charge in [-0.3, -0.25) is 10.1 Å². The largest absolute Gasteiger partial charge is 0.329 e. The first kappa shape index (κ1) is 11.5. The van der Waals surface area contributed by atoms with Gasteiger partial charge in [0.25, 0.3) is 0 Å². The fourth-order valence-corrected chi connectivity index (χ4v) is 1.78. The van der Waals surface area contributed by atoms with E-state index in [0.29, 0.717) is 17.9 Å². The van der Waals surface area contributed by atoms with Crippen LogP contribution in [0.1, 0.15) is 12.6 Å². The molecule has 0 atom stereocenters. The van der Waals surface area contributed by atoms with E-state index in [1.165, 1.54) is 4.68 Å². The quantitative estimate of drug-likeness (QED) is 0.621. The van der Waals surface area contributed by atoms with Gasteiger partial charge in [0.05, 0.1) is 4.92 Å². The summed E-state index contributed by atoms with van der Waals surface area (Å²) >= 11 is 5.96. The average molecular weight is 253 g/mol. The Morgan fingerprint density at radius 1 is 1.53 bits per heavy atom. The molecule has 0 aromatic carbocycles. The van der Waals surface area contributed by atoms with Crippen LogP contribution in [0, 0.1) is 10.1 Å². The normalized spacial score (nSPS) is 10.5. The lowest BCUT2D eigenvalue weighted by Crippen LogP contribution is -1.99. The maximum absolute atomic E-state index is 10.9. The predicted octanol–water partition coefficient (Wildman–Crippen LogP) is 2.39. The fraction of sp³-hybridized carbons (Fsp3) is 0.200. The summed E-state index contributed by atoms with van der Waals surface area (Å²) < 4.78 is 1.28. The van der Waals surface area contributed by atoms with Crippen molar-refractivity contribution in [3.63, 3.8) is 0 Å². The van der Waals surface area contributed by atoms with Crippen LogP contribution in [0.2, 0.25) is 5.15 Å². The molecule has 2 heterocycles. The Morgan fingerprint density at radius 3 is 2.76 bits per heavy atom. The van der Waals surface area contributed by atoms with Crippen LogP contribution in [-0.4, -0.2) is 19.7 Å². The van der Waals surface area contributed by atoms with Crippen molar-refractivity contribution >= 4 is 17.3 Å². The van der Waals surface area contributed by atoms with Gasteiger partial charge >= 0.3 is 5.69 Å². The van der Waals surface area contributed by atoms with Crippen LogP contribution < -0.4 is 0 Å². The summed E-state index contributed by atoms with van der Waals surface area (Å²) in [6, 6.07) is 5.19. The zero-order valence-electron chi connectivity index (χ0n) is 9.00. The second-order valence-electron chi connectivity index (χ2n) is 3.30. The summed E-state index contributed by atoms with van der Waals surface area (Å²) in [7, 11) is 0. The fourth-order valence-electron chi connectivity index (χ4n) is 1.48. The van der Waals surface area contributed by atoms with Gasteiger partial charge in [-0.2, -0.15) is 9.78 Å². The molecule has 2 aromatic rings. The third kappa shape index (κ3) is 1.99. The zero-order chi connectivity index (χ0) is 12.4. The highest BCUT2D eigenvalue weighted by atomic mass is 35.5. The van der Waals surface area contributed by atoms with E-state index in [2.05, 4.69) is 10.1 Å². The van der Waals surface area contributed by atoms with E-state index < -0.39 is 4.92 Å². The van der Waals surface area contributed by atoms with Crippen LogP contribution in [0.15, 0.2) is 24.4 Å². The molecule has 0 spiro atoms. The number of hydrogen-bond acceptors (Lipinski definition) is 4. The van der Waals surface area contributed by atoms with Gasteiger partial charge in [-0.05, 0) is 18.6 Å². The molecule has 0 fully saturated rings. The number of nitrogens with zero attached hydrogens (tertiary/aromatic N) is 4. The second kappa shape index (κ2) is 4.50. The summed E-state index contributed by atoms with van der Waals surface area (Å²) in [5.41, 5.74) is 0.200. The summed E-state index contributed by atoms with van der Waals surface area (Å²) in [5.74, 6) is 0.459. The van der Waals surface area contributed by atoms with Crippen LogP contribution in [0.3, 0.4) is 0 Å². The molecule has 6 nitrogen and oxygen atoms in total. The molecule has 0 amide bonds. The Kier molecular flexibility index (Phi) is 3.06. The van der Waals surface area contributed by atoms with Crippen LogP contribution in [-0.2, 0) is 6.42 Å². The van der Waals surface area contributed by atoms with Crippen LogP contribution in [0.4, 0.5) is 5.69 Å². The topological polar surface area (TPSA) is 73.8 Å². The highest BCUT2D eigenvalue weighted by Crippen LogP contribution is 2.30. The van der Waals surface area contributed by atoms with Gasteiger partial charge in [0.2, 0.25) is 5.15 Å². The number of aromatic nitrogens is 3. The predicted molar refractivity (Wildman–Crippen MR) is 62.4 cm³/mol. The first-order chi connectivity index (χ1) is 8.15. The smallest absolute Gasteiger partial charge is 0.258 e. The number of halogens is 1. The van der Waals surface area contributed by atoms with Gasteiger partial charge in [-0.15, -0.1) is 0 Å². The van der Waals surface area contributed by atoms with Crippen molar-refractivity contribution in [2.45, 2.75) is 13.3 Å². The SMILES string of the molecule is CCc1nn(-c2ccccn2)c(Cl)c1[N+](=O)[O-]. The molecular weight excluding hydrogens is 244 g/mol. The van der Waals surface area contributed by atoms with E-state index in [1.807, 2.05) is 0 Å². The van der Waals surface area contributed by atoms with E-state index >= 15 is 0 Å². The van der Waals surface area contributed by atoms with Crippen molar-refractivity contribution < 1.29 is 4.92 Å². The van der Waals surface area contributed by atoms with Gasteiger partial charge in [-0.1, -0.05) is 24.6 Å². The molecular formula is C10H9ClN4O2. The Balaban J connectivity index is 2.61. The highest BCUT2D eigenvalue weighted by molar-refractivity contribution is 6.32. The Hall–Kier alpha value is -1.95. The molecule has 0 radical (unpaired) electrons. The standard InChI is InChI=1S/C10H9ClN4O2/c1-2-7-9(15(16)17)10(11)14(13-7)8-5-3-4-6-12-8/h3-6H,2H2,1H3. The number of rotatable bonds is 3. The van der Waals surface area contributed by atoms with Gasteiger partial charge in [0.15, 0.2) is 5.82 Å². The van der Waals surface area contributed by atoms with E-state index in [1.54, 1.807) is 31.3 Å². The van der Waals surface area contributed by atoms with Gasteiger partial charge in [0, 0.05) is 6.20 Å². The zero-order valence-corrected chi connectivity index (χ0v) is 9.76. The summed E-state index contributed by atoms with van der Waals surface area (Å²) in [4.78, 5) is 14.4. The molecule has 0 saturated carbocycles. The Morgan fingerprint density at radius 2 is 2.29 bits per heavy atom. The molecule has 0 bridgehead atoms. The van der Waals surface area contributed by atoms with E-state index in [-0.39, 0.29) is 10.8 Å². The molecule has 0 aliphatic rings. The van der Waals surface area contributed by atoms with Crippen molar-refractivity contribution in [1.29, 1.82) is 0 Å². The van der Waals surface area contributed by atoms with Crippen molar-refractivity contribution in [3.8, 4) is 5.82 Å². The van der Waals surface area contributed by atoms with Gasteiger partial charge < -0.3 is 0 Å². The monoisotopic (exact) mass is 252 g/mol. The number of hydrogen-bond donors (Lipinski definition) is 0. The molecule has 2 rings (SSSR count). The molecule has 0 unspecified atom stereocenters. The van der Waals surface area contributed by atoms with Crippen molar-refractivity contribution in [3.05, 3.63) is 45.4 Å². The molecule has 7 heteroatoms. The summed E-state index contributed by atoms with van der Waals surface area (Å²) in [6.07, 6.45) is 2.01. The van der Waals surface area contributed by atoms with E-state index in [0.717, 1.165) is 0 Å². The average Bonchev–Trinajstić information content (AvgIpc) is 2.67. The minimum atomic E-state index is -0.520. The molecule has 0 aliphatic heterocycles. The second-order valence-corrected chi connectivity index (χ2v) is 3.65. The number of pyridine rings is 1. The van der Waals surface area contributed by atoms with Gasteiger partial charge in [0.1, 0.15) is 5.69 Å². The molecule has 0 saturated heterocycles. The van der Waals surface area contributed by atoms with Crippen molar-refractivity contribution in [1.82, 2.24) is 14.8 Å². The molecule has 0 aliphatic carbocycles. The lowest BCUT2D eigenvalue weighted by Gasteiger charge is -1.99. The molecule has 0 N–H and O–H groups in total. The Labute approximate surface area is 102 Å². The highest BCUT2D eigenvalue weighted by Gasteiger charge is 2.26. The van der Waals surface area contributed by atoms with E-state index in [4.69, 9.17) is 11.6 Å². The minimum absolute atomic E-state index is 0.0226. The lowest BCUT2D eigenvalue weighted by molar-refractivity contribution is -0.385. The molecule has 17 heavy (non-hydrogen) atoms. The lowest BCUT2D eigenvalue weighted by atomic mass is 10.3. The van der Waals surface area contributed by atoms with Crippen LogP contribution in [0.25, 0.3) is 5.82 Å². The van der Waals surface area contributed by atoms with Crippen molar-refractivity contribution in [2.75, 3.05) is 0 Å². The minimum Gasteiger partial charge on any atom is -0.258 e. The van der Waals surface area contributed by atoms with Crippen molar-refractivity contribution in [2.24, 2.45) is 0 Å². The maximum Gasteiger partial charge on any atom is 0.329 e. The van der Waals surface area contributed by atoms with E-state index in [9.17, 15) is 10.1 Å². The number of nitro groups is 1. The summed E-state index contributed by atoms with van der Waals surface area (Å²) in [5, 5.41) is 15.0. The Bertz CT molecular complexity index is 553. The summed E-state index contributed by atoms with van der Waals surface area (Å²) in [6.45, 7) is 1.79. The van der Waals surface area contributed by atoms with Crippen LogP contribution in [0.5, 0.6) is 0 Å². The first-order valence-corrected chi connectivity index (χ1v) is 5.36. The first-order valence-electron chi connectivity index (χ1n) is 4.98. The van der Waals surface area contributed by atoms with Gasteiger partial charge in [-0.25, -0.2) is 4.98 Å². The van der Waals surface area contributed by atoms with Crippen LogP contribution >= 0.6 is 11.6 Å².